The van der Waals surface area contributed by atoms with Gasteiger partial charge in [0.15, 0.2) is 0 Å². The van der Waals surface area contributed by atoms with E-state index in [1.807, 2.05) is 19.1 Å². The number of hydrogen-bond acceptors (Lipinski definition) is 3. The molecule has 0 aliphatic carbocycles. The highest BCUT2D eigenvalue weighted by Crippen LogP contribution is 2.16. The first-order chi connectivity index (χ1) is 16.2. The summed E-state index contributed by atoms with van der Waals surface area (Å²) in [7, 11) is -4.27. The lowest BCUT2D eigenvalue weighted by atomic mass is 10.1. The third-order valence-electron chi connectivity index (χ3n) is 6.65. The van der Waals surface area contributed by atoms with Crippen molar-refractivity contribution >= 4 is 21.7 Å². The molecular weight excluding hydrogens is 466 g/mol. The largest absolute Gasteiger partial charge is 0.744 e. The zero-order valence-corrected chi connectivity index (χ0v) is 23.1. The summed E-state index contributed by atoms with van der Waals surface area (Å²) in [6, 6.07) is 14.1. The Labute approximate surface area is 213 Å². The van der Waals surface area contributed by atoms with Gasteiger partial charge in [-0.05, 0) is 82.7 Å². The minimum absolute atomic E-state index is 0.178. The van der Waals surface area contributed by atoms with Crippen LogP contribution in [0.25, 0.3) is 0 Å². The number of quaternary nitrogens is 1. The molecule has 2 aromatic carbocycles. The maximum absolute atomic E-state index is 10.4. The monoisotopic (exact) mass is 509 g/mol. The van der Waals surface area contributed by atoms with Crippen LogP contribution in [0.4, 0.5) is 0 Å². The van der Waals surface area contributed by atoms with E-state index in [-0.39, 0.29) is 4.90 Å². The molecule has 4 nitrogen and oxygen atoms in total. The summed E-state index contributed by atoms with van der Waals surface area (Å²) in [6.07, 6.45) is 10.8. The molecule has 0 radical (unpaired) electrons. The smallest absolute Gasteiger partial charge is 0.124 e. The molecule has 0 fully saturated rings. The van der Waals surface area contributed by atoms with Gasteiger partial charge in [0, 0.05) is 5.02 Å². The molecule has 0 spiro atoms. The van der Waals surface area contributed by atoms with Gasteiger partial charge in [-0.3, -0.25) is 0 Å². The maximum Gasteiger partial charge on any atom is 0.124 e. The number of benzene rings is 2. The van der Waals surface area contributed by atoms with E-state index in [1.54, 1.807) is 12.1 Å². The third kappa shape index (κ3) is 12.3. The van der Waals surface area contributed by atoms with Gasteiger partial charge in [0.2, 0.25) is 0 Å². The number of rotatable bonds is 14. The molecule has 192 valence electrons. The molecule has 0 unspecified atom stereocenters. The Morgan fingerprint density at radius 3 is 1.79 bits per heavy atom. The predicted molar refractivity (Wildman–Crippen MR) is 143 cm³/mol. The van der Waals surface area contributed by atoms with Gasteiger partial charge < -0.3 is 9.04 Å². The summed E-state index contributed by atoms with van der Waals surface area (Å²) in [6.45, 7) is 14.1. The summed E-state index contributed by atoms with van der Waals surface area (Å²) in [5.74, 6) is 0. The van der Waals surface area contributed by atoms with Crippen molar-refractivity contribution in [3.63, 3.8) is 0 Å². The van der Waals surface area contributed by atoms with Gasteiger partial charge in [0.25, 0.3) is 0 Å². The van der Waals surface area contributed by atoms with Crippen LogP contribution >= 0.6 is 11.6 Å². The zero-order chi connectivity index (χ0) is 25.5. The highest BCUT2D eigenvalue weighted by molar-refractivity contribution is 7.85. The van der Waals surface area contributed by atoms with Gasteiger partial charge in [-0.2, -0.15) is 0 Å². The fraction of sp³-hybridized carbons (Fsp3) is 0.571. The molecule has 2 rings (SSSR count). The fourth-order valence-electron chi connectivity index (χ4n) is 4.15. The maximum atomic E-state index is 10.4. The van der Waals surface area contributed by atoms with Crippen molar-refractivity contribution in [2.45, 2.75) is 84.0 Å². The van der Waals surface area contributed by atoms with Gasteiger partial charge in [0.05, 0.1) is 31.1 Å². The summed E-state index contributed by atoms with van der Waals surface area (Å²) < 4.78 is 32.5. The summed E-state index contributed by atoms with van der Waals surface area (Å²) in [4.78, 5) is -0.178. The molecule has 2 aromatic rings. The van der Waals surface area contributed by atoms with E-state index in [0.29, 0.717) is 0 Å². The Morgan fingerprint density at radius 2 is 1.29 bits per heavy atom. The summed E-state index contributed by atoms with van der Waals surface area (Å²) in [5, 5.41) is 0.837. The Morgan fingerprint density at radius 1 is 0.765 bits per heavy atom. The average molecular weight is 510 g/mol. The van der Waals surface area contributed by atoms with Crippen molar-refractivity contribution in [1.29, 1.82) is 0 Å². The molecule has 0 heterocycles. The molecule has 0 saturated heterocycles. The Hall–Kier alpha value is -1.40. The quantitative estimate of drug-likeness (QED) is 0.151. The molecule has 0 amide bonds. The molecule has 0 saturated carbocycles. The van der Waals surface area contributed by atoms with Crippen molar-refractivity contribution in [1.82, 2.24) is 0 Å². The van der Waals surface area contributed by atoms with Crippen molar-refractivity contribution in [2.75, 3.05) is 26.2 Å². The van der Waals surface area contributed by atoms with Gasteiger partial charge in [0.1, 0.15) is 10.1 Å². The molecule has 0 aliphatic rings. The van der Waals surface area contributed by atoms with E-state index in [2.05, 4.69) is 32.9 Å². The van der Waals surface area contributed by atoms with Crippen molar-refractivity contribution in [2.24, 2.45) is 0 Å². The van der Waals surface area contributed by atoms with E-state index in [9.17, 15) is 13.0 Å². The van der Waals surface area contributed by atoms with Gasteiger partial charge in [-0.1, -0.05) is 67.6 Å². The number of aryl methyl sites for hydroxylation is 2. The molecule has 0 N–H and O–H groups in total. The standard InChI is InChI=1S/C21H37ClN.C7H8O3S/c1-4-7-8-9-11-18-23(5-2,6-3)19-12-10-13-20-14-16-21(22)17-15-20;1-6-2-4-7(5-3-6)11(8,9)10/h14-17H,4-13,18-19H2,1-3H3;2-5H,1H3,(H,8,9,10)/q+1;/p-1. The molecule has 0 bridgehead atoms. The van der Waals surface area contributed by atoms with Gasteiger partial charge >= 0.3 is 0 Å². The number of halogens is 1. The lowest BCUT2D eigenvalue weighted by molar-refractivity contribution is -0.925. The van der Waals surface area contributed by atoms with E-state index >= 15 is 0 Å². The minimum atomic E-state index is -4.27. The first-order valence-corrected chi connectivity index (χ1v) is 14.6. The number of nitrogens with zero attached hydrogens (tertiary/aromatic N) is 1. The van der Waals surface area contributed by atoms with Crippen LogP contribution in [0.3, 0.4) is 0 Å². The number of unbranched alkanes of at least 4 members (excludes halogenated alkanes) is 5. The lowest BCUT2D eigenvalue weighted by Gasteiger charge is -2.37. The minimum Gasteiger partial charge on any atom is -0.744 e. The molecule has 0 aromatic heterocycles. The lowest BCUT2D eigenvalue weighted by Crippen LogP contribution is -2.49. The van der Waals surface area contributed by atoms with E-state index in [1.165, 1.54) is 99.7 Å². The van der Waals surface area contributed by atoms with Crippen LogP contribution < -0.4 is 0 Å². The third-order valence-corrected chi connectivity index (χ3v) is 7.75. The van der Waals surface area contributed by atoms with Crippen LogP contribution in [0.5, 0.6) is 0 Å². The molecular formula is C28H44ClNO3S. The van der Waals surface area contributed by atoms with Crippen LogP contribution in [-0.2, 0) is 16.5 Å². The highest BCUT2D eigenvalue weighted by atomic mass is 35.5. The molecule has 0 atom stereocenters. The molecule has 0 aliphatic heterocycles. The predicted octanol–water partition coefficient (Wildman–Crippen LogP) is 7.39. The zero-order valence-electron chi connectivity index (χ0n) is 21.6. The van der Waals surface area contributed by atoms with Crippen LogP contribution in [-0.4, -0.2) is 43.6 Å². The second-order valence-electron chi connectivity index (χ2n) is 9.19. The topological polar surface area (TPSA) is 57.2 Å². The molecule has 6 heteroatoms. The second kappa shape index (κ2) is 16.3. The van der Waals surface area contributed by atoms with Crippen molar-refractivity contribution < 1.29 is 17.5 Å². The van der Waals surface area contributed by atoms with E-state index in [4.69, 9.17) is 11.6 Å². The first-order valence-electron chi connectivity index (χ1n) is 12.8. The fourth-order valence-corrected chi connectivity index (χ4v) is 4.75. The normalized spacial score (nSPS) is 11.7. The van der Waals surface area contributed by atoms with Crippen LogP contribution in [0.15, 0.2) is 53.4 Å². The first kappa shape index (κ1) is 30.6. The average Bonchev–Trinajstić information content (AvgIpc) is 2.82. The van der Waals surface area contributed by atoms with Crippen molar-refractivity contribution in [3.05, 3.63) is 64.7 Å². The van der Waals surface area contributed by atoms with E-state index < -0.39 is 10.1 Å². The SMILES string of the molecule is CCCCCCC[N+](CC)(CC)CCCCc1ccc(Cl)cc1.Cc1ccc(S(=O)(=O)[O-])cc1. The second-order valence-corrected chi connectivity index (χ2v) is 11.0. The van der Waals surface area contributed by atoms with E-state index in [0.717, 1.165) is 10.6 Å². The van der Waals surface area contributed by atoms with Gasteiger partial charge in [-0.25, -0.2) is 8.42 Å². The number of hydrogen-bond donors (Lipinski definition) is 0. The van der Waals surface area contributed by atoms with Crippen molar-refractivity contribution in [3.8, 4) is 0 Å². The Kier molecular flexibility index (Phi) is 14.7. The van der Waals surface area contributed by atoms with Gasteiger partial charge in [-0.15, -0.1) is 0 Å². The summed E-state index contributed by atoms with van der Waals surface area (Å²) in [5.41, 5.74) is 2.34. The van der Waals surface area contributed by atoms with Crippen LogP contribution in [0.2, 0.25) is 5.02 Å². The van der Waals surface area contributed by atoms with Crippen LogP contribution in [0.1, 0.15) is 76.8 Å². The summed E-state index contributed by atoms with van der Waals surface area (Å²) >= 11 is 5.95. The Balaban J connectivity index is 0.000000437. The Bertz CT molecular complexity index is 892. The van der Waals surface area contributed by atoms with Crippen LogP contribution in [0, 0.1) is 6.92 Å². The highest BCUT2D eigenvalue weighted by Gasteiger charge is 2.21. The molecule has 34 heavy (non-hydrogen) atoms.